The van der Waals surface area contributed by atoms with Crippen LogP contribution in [0.2, 0.25) is 0 Å². The van der Waals surface area contributed by atoms with Crippen LogP contribution in [0, 0.1) is 12.8 Å². The Balaban J connectivity index is 2.17. The van der Waals surface area contributed by atoms with E-state index in [-0.39, 0.29) is 6.04 Å². The molecule has 1 fully saturated rings. The van der Waals surface area contributed by atoms with Gasteiger partial charge < -0.3 is 10.5 Å². The van der Waals surface area contributed by atoms with Crippen molar-refractivity contribution in [1.82, 2.24) is 0 Å². The van der Waals surface area contributed by atoms with Crippen LogP contribution in [0.1, 0.15) is 36.4 Å². The van der Waals surface area contributed by atoms with Gasteiger partial charge in [-0.15, -0.1) is 0 Å². The van der Waals surface area contributed by atoms with Gasteiger partial charge in [0.25, 0.3) is 0 Å². The summed E-state index contributed by atoms with van der Waals surface area (Å²) in [7, 11) is 1.70. The summed E-state index contributed by atoms with van der Waals surface area (Å²) in [5, 5.41) is 0. The van der Waals surface area contributed by atoms with Gasteiger partial charge in [-0.2, -0.15) is 0 Å². The van der Waals surface area contributed by atoms with Gasteiger partial charge in [-0.3, -0.25) is 0 Å². The lowest BCUT2D eigenvalue weighted by molar-refractivity contribution is 0.264. The number of nitrogens with two attached hydrogens (primary N) is 1. The van der Waals surface area contributed by atoms with Crippen LogP contribution in [-0.2, 0) is 0 Å². The van der Waals surface area contributed by atoms with E-state index in [1.54, 1.807) is 7.11 Å². The Morgan fingerprint density at radius 2 is 2.13 bits per heavy atom. The molecular formula is C13H19NO. The highest BCUT2D eigenvalue weighted by Crippen LogP contribution is 2.36. The molecule has 2 heteroatoms. The van der Waals surface area contributed by atoms with E-state index in [2.05, 4.69) is 19.1 Å². The van der Waals surface area contributed by atoms with Gasteiger partial charge in [0.05, 0.1) is 7.11 Å². The molecule has 1 aliphatic carbocycles. The summed E-state index contributed by atoms with van der Waals surface area (Å²) >= 11 is 0. The van der Waals surface area contributed by atoms with Crippen LogP contribution in [0.15, 0.2) is 18.2 Å². The smallest absolute Gasteiger partial charge is 0.121 e. The second kappa shape index (κ2) is 4.23. The largest absolute Gasteiger partial charge is 0.496 e. The Morgan fingerprint density at radius 3 is 2.60 bits per heavy atom. The standard InChI is InChI=1S/C13H19NO/c1-9-8-11(6-7-12(9)15-2)13(14)10-4-3-5-10/h6-8,10,13H,3-5,14H2,1-2H3/t13-/m0/s1. The molecule has 0 radical (unpaired) electrons. The fourth-order valence-corrected chi connectivity index (χ4v) is 2.18. The second-order valence-electron chi connectivity index (χ2n) is 4.45. The van der Waals surface area contributed by atoms with Gasteiger partial charge in [-0.25, -0.2) is 0 Å². The molecule has 1 saturated carbocycles. The van der Waals surface area contributed by atoms with Crippen LogP contribution in [-0.4, -0.2) is 7.11 Å². The van der Waals surface area contributed by atoms with E-state index < -0.39 is 0 Å². The highest BCUT2D eigenvalue weighted by Gasteiger charge is 2.25. The Bertz CT molecular complexity index is 344. The van der Waals surface area contributed by atoms with Gasteiger partial charge in [0.1, 0.15) is 5.75 Å². The third kappa shape index (κ3) is 2.00. The van der Waals surface area contributed by atoms with Crippen molar-refractivity contribution in [3.8, 4) is 5.75 Å². The van der Waals surface area contributed by atoms with Gasteiger partial charge in [-0.05, 0) is 42.9 Å². The number of aryl methyl sites for hydroxylation is 1. The quantitative estimate of drug-likeness (QED) is 0.823. The van der Waals surface area contributed by atoms with E-state index in [1.807, 2.05) is 6.07 Å². The maximum absolute atomic E-state index is 6.22. The molecule has 0 unspecified atom stereocenters. The van der Waals surface area contributed by atoms with Gasteiger partial charge >= 0.3 is 0 Å². The highest BCUT2D eigenvalue weighted by molar-refractivity contribution is 5.37. The van der Waals surface area contributed by atoms with Crippen molar-refractivity contribution in [1.29, 1.82) is 0 Å². The monoisotopic (exact) mass is 205 g/mol. The molecular weight excluding hydrogens is 186 g/mol. The van der Waals surface area contributed by atoms with Gasteiger partial charge in [0.2, 0.25) is 0 Å². The predicted molar refractivity (Wildman–Crippen MR) is 62.0 cm³/mol. The number of benzene rings is 1. The Labute approximate surface area is 91.4 Å². The van der Waals surface area contributed by atoms with Crippen molar-refractivity contribution in [2.75, 3.05) is 7.11 Å². The molecule has 1 aliphatic rings. The first-order chi connectivity index (χ1) is 7.22. The van der Waals surface area contributed by atoms with Crippen LogP contribution in [0.3, 0.4) is 0 Å². The van der Waals surface area contributed by atoms with Crippen molar-refractivity contribution in [2.24, 2.45) is 11.7 Å². The molecule has 2 rings (SSSR count). The first-order valence-corrected chi connectivity index (χ1v) is 5.62. The maximum atomic E-state index is 6.22. The molecule has 0 heterocycles. The normalized spacial score (nSPS) is 18.3. The van der Waals surface area contributed by atoms with Crippen LogP contribution < -0.4 is 10.5 Å². The third-order valence-corrected chi connectivity index (χ3v) is 3.46. The molecule has 82 valence electrons. The van der Waals surface area contributed by atoms with Crippen molar-refractivity contribution in [2.45, 2.75) is 32.2 Å². The Kier molecular flexibility index (Phi) is 2.96. The summed E-state index contributed by atoms with van der Waals surface area (Å²) in [5.41, 5.74) is 8.64. The summed E-state index contributed by atoms with van der Waals surface area (Å²) in [6.45, 7) is 2.07. The summed E-state index contributed by atoms with van der Waals surface area (Å²) in [6, 6.07) is 6.48. The third-order valence-electron chi connectivity index (χ3n) is 3.46. The zero-order chi connectivity index (χ0) is 10.8. The first kappa shape index (κ1) is 10.5. The molecule has 2 N–H and O–H groups in total. The molecule has 0 bridgehead atoms. The van der Waals surface area contributed by atoms with Crippen LogP contribution >= 0.6 is 0 Å². The zero-order valence-electron chi connectivity index (χ0n) is 9.49. The number of hydrogen-bond acceptors (Lipinski definition) is 2. The molecule has 0 amide bonds. The molecule has 1 atom stereocenters. The average molecular weight is 205 g/mol. The number of ether oxygens (including phenoxy) is 1. The average Bonchev–Trinajstić information content (AvgIpc) is 2.15. The van der Waals surface area contributed by atoms with E-state index in [0.29, 0.717) is 5.92 Å². The second-order valence-corrected chi connectivity index (χ2v) is 4.45. The van der Waals surface area contributed by atoms with E-state index in [0.717, 1.165) is 5.75 Å². The highest BCUT2D eigenvalue weighted by atomic mass is 16.5. The van der Waals surface area contributed by atoms with Gasteiger partial charge in [-0.1, -0.05) is 18.6 Å². The topological polar surface area (TPSA) is 35.2 Å². The van der Waals surface area contributed by atoms with E-state index in [4.69, 9.17) is 10.5 Å². The number of methoxy groups -OCH3 is 1. The summed E-state index contributed by atoms with van der Waals surface area (Å²) in [5.74, 6) is 1.64. The fraction of sp³-hybridized carbons (Fsp3) is 0.538. The van der Waals surface area contributed by atoms with Crippen molar-refractivity contribution in [3.63, 3.8) is 0 Å². The van der Waals surface area contributed by atoms with Crippen LogP contribution in [0.4, 0.5) is 0 Å². The predicted octanol–water partition coefficient (Wildman–Crippen LogP) is 2.80. The molecule has 1 aromatic carbocycles. The maximum Gasteiger partial charge on any atom is 0.121 e. The minimum absolute atomic E-state index is 0.211. The molecule has 0 aliphatic heterocycles. The minimum atomic E-state index is 0.211. The molecule has 1 aromatic rings. The first-order valence-electron chi connectivity index (χ1n) is 5.62. The summed E-state index contributed by atoms with van der Waals surface area (Å²) in [4.78, 5) is 0. The molecule has 0 spiro atoms. The van der Waals surface area contributed by atoms with Crippen molar-refractivity contribution < 1.29 is 4.74 Å². The van der Waals surface area contributed by atoms with E-state index in [9.17, 15) is 0 Å². The summed E-state index contributed by atoms with van der Waals surface area (Å²) in [6.07, 6.45) is 3.91. The van der Waals surface area contributed by atoms with Gasteiger partial charge in [0.15, 0.2) is 0 Å². The van der Waals surface area contributed by atoms with E-state index in [1.165, 1.54) is 30.4 Å². The van der Waals surface area contributed by atoms with Gasteiger partial charge in [0, 0.05) is 6.04 Å². The van der Waals surface area contributed by atoms with Crippen molar-refractivity contribution in [3.05, 3.63) is 29.3 Å². The Morgan fingerprint density at radius 1 is 1.40 bits per heavy atom. The minimum Gasteiger partial charge on any atom is -0.496 e. The molecule has 0 aromatic heterocycles. The number of rotatable bonds is 3. The fourth-order valence-electron chi connectivity index (χ4n) is 2.18. The summed E-state index contributed by atoms with van der Waals surface area (Å²) < 4.78 is 5.24. The molecule has 2 nitrogen and oxygen atoms in total. The zero-order valence-corrected chi connectivity index (χ0v) is 9.49. The number of hydrogen-bond donors (Lipinski definition) is 1. The lowest BCUT2D eigenvalue weighted by Gasteiger charge is -2.31. The van der Waals surface area contributed by atoms with Crippen LogP contribution in [0.5, 0.6) is 5.75 Å². The van der Waals surface area contributed by atoms with Crippen molar-refractivity contribution >= 4 is 0 Å². The molecule has 0 saturated heterocycles. The van der Waals surface area contributed by atoms with Crippen LogP contribution in [0.25, 0.3) is 0 Å². The lowest BCUT2D eigenvalue weighted by Crippen LogP contribution is -2.26. The SMILES string of the molecule is COc1ccc([C@@H](N)C2CCC2)cc1C. The molecule has 15 heavy (non-hydrogen) atoms. The lowest BCUT2D eigenvalue weighted by atomic mass is 9.77. The van der Waals surface area contributed by atoms with E-state index >= 15 is 0 Å². The Hall–Kier alpha value is -1.02.